The van der Waals surface area contributed by atoms with Gasteiger partial charge in [0, 0.05) is 43.1 Å². The highest BCUT2D eigenvalue weighted by atomic mass is 16.2. The lowest BCUT2D eigenvalue weighted by Gasteiger charge is -2.26. The van der Waals surface area contributed by atoms with E-state index in [1.165, 1.54) is 0 Å². The first-order valence-corrected chi connectivity index (χ1v) is 12.1. The van der Waals surface area contributed by atoms with Crippen LogP contribution in [0.1, 0.15) is 34.1 Å². The third-order valence-electron chi connectivity index (χ3n) is 7.36. The van der Waals surface area contributed by atoms with Crippen molar-refractivity contribution < 1.29 is 9.59 Å². The number of rotatable bonds is 3. The fraction of sp³-hybridized carbons (Fsp3) is 0.172. The van der Waals surface area contributed by atoms with Crippen LogP contribution in [0.15, 0.2) is 65.7 Å². The number of nitrogens with two attached hydrogens (primary N) is 1. The Morgan fingerprint density at radius 3 is 2.62 bits per heavy atom. The number of amides is 2. The average molecular weight is 492 g/mol. The summed E-state index contributed by atoms with van der Waals surface area (Å²) in [6.07, 6.45) is 2.23. The highest BCUT2D eigenvalue weighted by Gasteiger charge is 2.26. The average Bonchev–Trinajstić information content (AvgIpc) is 3.28. The first-order valence-electron chi connectivity index (χ1n) is 12.1. The fourth-order valence-corrected chi connectivity index (χ4v) is 5.44. The number of carbonyl (C=O) groups is 2. The van der Waals surface area contributed by atoms with Crippen molar-refractivity contribution in [2.45, 2.75) is 26.8 Å². The molecule has 8 heteroatoms. The molecule has 0 bridgehead atoms. The largest absolute Gasteiger partial charge is 0.366 e. The van der Waals surface area contributed by atoms with Gasteiger partial charge in [-0.05, 0) is 47.9 Å². The molecule has 0 saturated carbocycles. The topological polar surface area (TPSA) is 114 Å². The van der Waals surface area contributed by atoms with Crippen LogP contribution < -0.4 is 11.3 Å². The zero-order valence-electron chi connectivity index (χ0n) is 20.5. The maximum atomic E-state index is 13.3. The number of carbonyl (C=O) groups excluding carboxylic acids is 2. The Morgan fingerprint density at radius 1 is 1.03 bits per heavy atom. The molecule has 0 fully saturated rings. The van der Waals surface area contributed by atoms with E-state index in [-0.39, 0.29) is 11.5 Å². The highest BCUT2D eigenvalue weighted by molar-refractivity contribution is 6.11. The van der Waals surface area contributed by atoms with Crippen LogP contribution >= 0.6 is 0 Å². The Kier molecular flexibility index (Phi) is 5.19. The molecule has 0 radical (unpaired) electrons. The van der Waals surface area contributed by atoms with E-state index in [0.717, 1.165) is 39.0 Å². The van der Waals surface area contributed by atoms with E-state index in [2.05, 4.69) is 9.97 Å². The van der Waals surface area contributed by atoms with Crippen molar-refractivity contribution in [3.05, 3.63) is 93.7 Å². The molecule has 3 N–H and O–H groups in total. The molecule has 184 valence electrons. The summed E-state index contributed by atoms with van der Waals surface area (Å²) >= 11 is 0. The third kappa shape index (κ3) is 3.52. The van der Waals surface area contributed by atoms with Gasteiger partial charge in [0.05, 0.1) is 27.7 Å². The SMILES string of the molecule is CC(=O)N1CCc2[nH]c3c(C(N)=O)ccc(-c4cccc(-n5cnc6ccccc6c5=O)c4C)c3c2C1. The third-order valence-corrected chi connectivity index (χ3v) is 7.36. The summed E-state index contributed by atoms with van der Waals surface area (Å²) in [6.45, 7) is 4.61. The Balaban J connectivity index is 1.60. The van der Waals surface area contributed by atoms with Crippen molar-refractivity contribution in [1.29, 1.82) is 0 Å². The first-order chi connectivity index (χ1) is 17.8. The monoisotopic (exact) mass is 491 g/mol. The number of para-hydroxylation sites is 1. The number of hydrogen-bond acceptors (Lipinski definition) is 4. The molecule has 1 aliphatic heterocycles. The molecular formula is C29H25N5O3. The minimum absolute atomic E-state index is 0.00830. The van der Waals surface area contributed by atoms with Gasteiger partial charge in [-0.2, -0.15) is 0 Å². The second kappa shape index (κ2) is 8.44. The van der Waals surface area contributed by atoms with Gasteiger partial charge in [0.15, 0.2) is 0 Å². The van der Waals surface area contributed by atoms with Crippen molar-refractivity contribution in [2.24, 2.45) is 5.73 Å². The molecule has 2 amide bonds. The zero-order valence-corrected chi connectivity index (χ0v) is 20.5. The minimum Gasteiger partial charge on any atom is -0.366 e. The molecule has 5 aromatic rings. The summed E-state index contributed by atoms with van der Waals surface area (Å²) in [4.78, 5) is 47.5. The predicted molar refractivity (Wildman–Crippen MR) is 143 cm³/mol. The highest BCUT2D eigenvalue weighted by Crippen LogP contribution is 2.39. The van der Waals surface area contributed by atoms with E-state index >= 15 is 0 Å². The van der Waals surface area contributed by atoms with Crippen LogP contribution in [0.5, 0.6) is 0 Å². The van der Waals surface area contributed by atoms with E-state index in [1.807, 2.05) is 49.4 Å². The lowest BCUT2D eigenvalue weighted by Crippen LogP contribution is -2.33. The van der Waals surface area contributed by atoms with E-state index in [1.54, 1.807) is 34.9 Å². The quantitative estimate of drug-likeness (QED) is 0.399. The summed E-state index contributed by atoms with van der Waals surface area (Å²) in [6, 6.07) is 16.7. The number of aromatic nitrogens is 3. The Bertz CT molecular complexity index is 1810. The molecule has 8 nitrogen and oxygen atoms in total. The van der Waals surface area contributed by atoms with Gasteiger partial charge in [0.2, 0.25) is 5.91 Å². The van der Waals surface area contributed by atoms with Gasteiger partial charge in [-0.3, -0.25) is 19.0 Å². The van der Waals surface area contributed by atoms with Gasteiger partial charge >= 0.3 is 0 Å². The number of aromatic amines is 1. The van der Waals surface area contributed by atoms with E-state index in [0.29, 0.717) is 41.5 Å². The molecule has 1 aliphatic rings. The molecule has 0 atom stereocenters. The lowest BCUT2D eigenvalue weighted by molar-refractivity contribution is -0.129. The van der Waals surface area contributed by atoms with Gasteiger partial charge in [-0.25, -0.2) is 4.98 Å². The summed E-state index contributed by atoms with van der Waals surface area (Å²) in [5, 5.41) is 1.42. The number of H-pyrrole nitrogens is 1. The molecule has 0 aliphatic carbocycles. The van der Waals surface area contributed by atoms with E-state index in [9.17, 15) is 14.4 Å². The summed E-state index contributed by atoms with van der Waals surface area (Å²) < 4.78 is 1.57. The Hall–Kier alpha value is -4.72. The molecule has 37 heavy (non-hydrogen) atoms. The fourth-order valence-electron chi connectivity index (χ4n) is 5.44. The van der Waals surface area contributed by atoms with Crippen LogP contribution in [0.4, 0.5) is 0 Å². The van der Waals surface area contributed by atoms with E-state index in [4.69, 9.17) is 5.73 Å². The zero-order chi connectivity index (χ0) is 25.8. The second-order valence-corrected chi connectivity index (χ2v) is 9.43. The van der Waals surface area contributed by atoms with Crippen LogP contribution in [0, 0.1) is 6.92 Å². The van der Waals surface area contributed by atoms with Crippen LogP contribution in [-0.4, -0.2) is 37.8 Å². The van der Waals surface area contributed by atoms with Gasteiger partial charge in [-0.1, -0.05) is 30.3 Å². The molecule has 0 saturated heterocycles. The van der Waals surface area contributed by atoms with Gasteiger partial charge in [0.25, 0.3) is 11.5 Å². The van der Waals surface area contributed by atoms with Crippen molar-refractivity contribution in [3.8, 4) is 16.8 Å². The van der Waals surface area contributed by atoms with Crippen LogP contribution in [0.25, 0.3) is 38.6 Å². The van der Waals surface area contributed by atoms with Crippen molar-refractivity contribution >= 4 is 33.6 Å². The number of primary amides is 1. The molecule has 0 spiro atoms. The summed E-state index contributed by atoms with van der Waals surface area (Å²) in [5.74, 6) is -0.508. The van der Waals surface area contributed by atoms with Crippen molar-refractivity contribution in [3.63, 3.8) is 0 Å². The number of nitrogens with one attached hydrogen (secondary N) is 1. The lowest BCUT2D eigenvalue weighted by atomic mass is 9.91. The molecule has 2 aromatic heterocycles. The molecule has 0 unspecified atom stereocenters. The molecule has 3 aromatic carbocycles. The van der Waals surface area contributed by atoms with Gasteiger partial charge in [0.1, 0.15) is 6.33 Å². The van der Waals surface area contributed by atoms with Gasteiger partial charge in [-0.15, -0.1) is 0 Å². The van der Waals surface area contributed by atoms with Crippen LogP contribution in [-0.2, 0) is 17.8 Å². The minimum atomic E-state index is -0.516. The van der Waals surface area contributed by atoms with Crippen molar-refractivity contribution in [1.82, 2.24) is 19.4 Å². The molecular weight excluding hydrogens is 466 g/mol. The Labute approximate surface area is 212 Å². The second-order valence-electron chi connectivity index (χ2n) is 9.43. The normalized spacial score (nSPS) is 13.2. The van der Waals surface area contributed by atoms with Crippen molar-refractivity contribution in [2.75, 3.05) is 6.54 Å². The first kappa shape index (κ1) is 22.7. The maximum Gasteiger partial charge on any atom is 0.265 e. The van der Waals surface area contributed by atoms with Crippen LogP contribution in [0.3, 0.4) is 0 Å². The number of nitrogens with zero attached hydrogens (tertiary/aromatic N) is 3. The van der Waals surface area contributed by atoms with E-state index < -0.39 is 5.91 Å². The number of hydrogen-bond donors (Lipinski definition) is 2. The Morgan fingerprint density at radius 2 is 1.84 bits per heavy atom. The summed E-state index contributed by atoms with van der Waals surface area (Å²) in [7, 11) is 0. The number of benzene rings is 3. The predicted octanol–water partition coefficient (Wildman–Crippen LogP) is 3.85. The van der Waals surface area contributed by atoms with Gasteiger partial charge < -0.3 is 15.6 Å². The standard InChI is InChI=1S/C29H25N5O3/c1-16-18(7-5-9-25(16)34-15-31-23-8-4-3-6-20(23)29(34)37)19-10-11-21(28(30)36)27-26(19)22-14-33(17(2)35)13-12-24(22)32-27/h3-11,15,32H,12-14H2,1-2H3,(H2,30,36). The number of fused-ring (bicyclic) bond motifs is 4. The summed E-state index contributed by atoms with van der Waals surface area (Å²) in [5.41, 5.74) is 12.8. The maximum absolute atomic E-state index is 13.3. The van der Waals surface area contributed by atoms with Crippen LogP contribution in [0.2, 0.25) is 0 Å². The molecule has 6 rings (SSSR count). The smallest absolute Gasteiger partial charge is 0.265 e. The molecule has 3 heterocycles.